The summed E-state index contributed by atoms with van der Waals surface area (Å²) in [5.41, 5.74) is 1.04. The molecule has 0 bridgehead atoms. The molecule has 0 spiro atoms. The van der Waals surface area contributed by atoms with Crippen LogP contribution in [0.5, 0.6) is 0 Å². The Hall–Kier alpha value is -2.95. The standard InChI is InChI=1S/C18H12F2N2O/c19-13-5-6-14(15(20)10-13)18(22-8-7-21-11-22)17-9-12-3-1-2-4-16(12)23-17/h1-11,18H. The summed E-state index contributed by atoms with van der Waals surface area (Å²) in [4.78, 5) is 4.02. The maximum absolute atomic E-state index is 14.3. The van der Waals surface area contributed by atoms with Crippen LogP contribution in [0.4, 0.5) is 8.78 Å². The third-order valence-electron chi connectivity index (χ3n) is 3.79. The maximum atomic E-state index is 14.3. The lowest BCUT2D eigenvalue weighted by Crippen LogP contribution is -2.11. The van der Waals surface area contributed by atoms with Crippen LogP contribution < -0.4 is 0 Å². The Kier molecular flexibility index (Phi) is 3.19. The quantitative estimate of drug-likeness (QED) is 0.556. The Balaban J connectivity index is 1.92. The second kappa shape index (κ2) is 5.35. The highest BCUT2D eigenvalue weighted by atomic mass is 19.1. The highest BCUT2D eigenvalue weighted by molar-refractivity contribution is 5.78. The molecule has 3 nitrogen and oxygen atoms in total. The van der Waals surface area contributed by atoms with Gasteiger partial charge in [0, 0.05) is 29.4 Å². The van der Waals surface area contributed by atoms with E-state index < -0.39 is 17.7 Å². The molecule has 4 aromatic rings. The topological polar surface area (TPSA) is 31.0 Å². The summed E-state index contributed by atoms with van der Waals surface area (Å²) in [6.07, 6.45) is 4.92. The summed E-state index contributed by atoms with van der Waals surface area (Å²) in [6.45, 7) is 0. The van der Waals surface area contributed by atoms with Crippen LogP contribution in [0.3, 0.4) is 0 Å². The normalized spacial score (nSPS) is 12.6. The van der Waals surface area contributed by atoms with Gasteiger partial charge in [-0.25, -0.2) is 13.8 Å². The molecular weight excluding hydrogens is 298 g/mol. The summed E-state index contributed by atoms with van der Waals surface area (Å²) in [5, 5.41) is 0.926. The van der Waals surface area contributed by atoms with Crippen LogP contribution in [0.1, 0.15) is 17.4 Å². The fraction of sp³-hybridized carbons (Fsp3) is 0.0556. The summed E-state index contributed by atoms with van der Waals surface area (Å²) < 4.78 is 35.2. The molecule has 1 atom stereocenters. The van der Waals surface area contributed by atoms with Crippen molar-refractivity contribution in [2.24, 2.45) is 0 Å². The zero-order valence-corrected chi connectivity index (χ0v) is 12.0. The zero-order chi connectivity index (χ0) is 15.8. The third-order valence-corrected chi connectivity index (χ3v) is 3.79. The van der Waals surface area contributed by atoms with E-state index in [1.165, 1.54) is 12.1 Å². The van der Waals surface area contributed by atoms with E-state index in [9.17, 15) is 8.78 Å². The Morgan fingerprint density at radius 3 is 2.65 bits per heavy atom. The molecule has 0 saturated heterocycles. The van der Waals surface area contributed by atoms with Crippen LogP contribution in [0.25, 0.3) is 11.0 Å². The molecule has 2 aromatic carbocycles. The molecule has 5 heteroatoms. The molecule has 0 saturated carbocycles. The van der Waals surface area contributed by atoms with E-state index in [2.05, 4.69) is 4.98 Å². The second-order valence-corrected chi connectivity index (χ2v) is 5.26. The average Bonchev–Trinajstić information content (AvgIpc) is 3.19. The minimum absolute atomic E-state index is 0.323. The fourth-order valence-corrected chi connectivity index (χ4v) is 2.74. The minimum Gasteiger partial charge on any atom is -0.458 e. The van der Waals surface area contributed by atoms with Gasteiger partial charge >= 0.3 is 0 Å². The van der Waals surface area contributed by atoms with E-state index in [0.29, 0.717) is 11.3 Å². The molecule has 0 N–H and O–H groups in total. The molecular formula is C18H12F2N2O. The summed E-state index contributed by atoms with van der Waals surface area (Å²) >= 11 is 0. The van der Waals surface area contributed by atoms with E-state index >= 15 is 0 Å². The molecule has 4 rings (SSSR count). The van der Waals surface area contributed by atoms with Gasteiger partial charge < -0.3 is 8.98 Å². The highest BCUT2D eigenvalue weighted by Crippen LogP contribution is 2.32. The molecule has 0 fully saturated rings. The smallest absolute Gasteiger partial charge is 0.134 e. The van der Waals surface area contributed by atoms with E-state index in [0.717, 1.165) is 17.0 Å². The fourth-order valence-electron chi connectivity index (χ4n) is 2.74. The van der Waals surface area contributed by atoms with Crippen LogP contribution in [0, 0.1) is 11.6 Å². The van der Waals surface area contributed by atoms with Gasteiger partial charge in [0.2, 0.25) is 0 Å². The zero-order valence-electron chi connectivity index (χ0n) is 12.0. The molecule has 0 aliphatic heterocycles. The van der Waals surface area contributed by atoms with Crippen LogP contribution in [0.15, 0.2) is 71.7 Å². The van der Waals surface area contributed by atoms with Crippen molar-refractivity contribution in [3.8, 4) is 0 Å². The van der Waals surface area contributed by atoms with E-state index in [1.807, 2.05) is 30.3 Å². The largest absolute Gasteiger partial charge is 0.458 e. The first kappa shape index (κ1) is 13.7. The first-order valence-corrected chi connectivity index (χ1v) is 7.13. The molecule has 23 heavy (non-hydrogen) atoms. The summed E-state index contributed by atoms with van der Waals surface area (Å²) in [7, 11) is 0. The number of benzene rings is 2. The summed E-state index contributed by atoms with van der Waals surface area (Å²) in [5.74, 6) is -0.667. The molecule has 114 valence electrons. The van der Waals surface area contributed by atoms with Crippen molar-refractivity contribution in [3.05, 3.63) is 90.2 Å². The highest BCUT2D eigenvalue weighted by Gasteiger charge is 2.23. The Labute approximate surface area is 130 Å². The molecule has 0 radical (unpaired) electrons. The maximum Gasteiger partial charge on any atom is 0.134 e. The van der Waals surface area contributed by atoms with Gasteiger partial charge in [-0.15, -0.1) is 0 Å². The lowest BCUT2D eigenvalue weighted by Gasteiger charge is -2.17. The number of fused-ring (bicyclic) bond motifs is 1. The second-order valence-electron chi connectivity index (χ2n) is 5.26. The van der Waals surface area contributed by atoms with Crippen LogP contribution >= 0.6 is 0 Å². The number of para-hydroxylation sites is 1. The molecule has 0 aliphatic carbocycles. The third kappa shape index (κ3) is 2.40. The van der Waals surface area contributed by atoms with Crippen molar-refractivity contribution >= 4 is 11.0 Å². The van der Waals surface area contributed by atoms with Crippen molar-refractivity contribution in [1.29, 1.82) is 0 Å². The Morgan fingerprint density at radius 1 is 1.04 bits per heavy atom. The van der Waals surface area contributed by atoms with Gasteiger partial charge in [-0.2, -0.15) is 0 Å². The Morgan fingerprint density at radius 2 is 1.91 bits per heavy atom. The molecule has 0 aliphatic rings. The number of hydrogen-bond acceptors (Lipinski definition) is 2. The van der Waals surface area contributed by atoms with Gasteiger partial charge in [-0.3, -0.25) is 0 Å². The first-order valence-electron chi connectivity index (χ1n) is 7.13. The monoisotopic (exact) mass is 310 g/mol. The van der Waals surface area contributed by atoms with Gasteiger partial charge in [0.15, 0.2) is 0 Å². The minimum atomic E-state index is -0.621. The SMILES string of the molecule is Fc1ccc(C(c2cc3ccccc3o2)n2ccnc2)c(F)c1. The van der Waals surface area contributed by atoms with Crippen molar-refractivity contribution < 1.29 is 13.2 Å². The average molecular weight is 310 g/mol. The molecule has 2 heterocycles. The van der Waals surface area contributed by atoms with E-state index in [4.69, 9.17) is 4.42 Å². The number of halogens is 2. The number of imidazole rings is 1. The lowest BCUT2D eigenvalue weighted by atomic mass is 10.0. The number of rotatable bonds is 3. The number of furan rings is 1. The summed E-state index contributed by atoms with van der Waals surface area (Å²) in [6, 6.07) is 12.4. The van der Waals surface area contributed by atoms with Crippen molar-refractivity contribution in [2.45, 2.75) is 6.04 Å². The van der Waals surface area contributed by atoms with Gasteiger partial charge in [-0.1, -0.05) is 24.3 Å². The van der Waals surface area contributed by atoms with E-state index in [-0.39, 0.29) is 0 Å². The number of hydrogen-bond donors (Lipinski definition) is 0. The lowest BCUT2D eigenvalue weighted by molar-refractivity contribution is 0.470. The number of nitrogens with zero attached hydrogens (tertiary/aromatic N) is 2. The number of aromatic nitrogens is 2. The van der Waals surface area contributed by atoms with Gasteiger partial charge in [-0.05, 0) is 18.2 Å². The predicted octanol–water partition coefficient (Wildman–Crippen LogP) is 4.55. The van der Waals surface area contributed by atoms with Crippen LogP contribution in [-0.4, -0.2) is 9.55 Å². The van der Waals surface area contributed by atoms with Crippen LogP contribution in [-0.2, 0) is 0 Å². The first-order chi connectivity index (χ1) is 11.2. The van der Waals surface area contributed by atoms with Crippen molar-refractivity contribution in [1.82, 2.24) is 9.55 Å². The van der Waals surface area contributed by atoms with Gasteiger partial charge in [0.05, 0.1) is 6.33 Å². The molecule has 2 aromatic heterocycles. The van der Waals surface area contributed by atoms with Crippen molar-refractivity contribution in [2.75, 3.05) is 0 Å². The molecule has 1 unspecified atom stereocenters. The van der Waals surface area contributed by atoms with E-state index in [1.54, 1.807) is 23.3 Å². The van der Waals surface area contributed by atoms with Crippen LogP contribution in [0.2, 0.25) is 0 Å². The molecule has 0 amide bonds. The Bertz CT molecular complexity index is 927. The van der Waals surface area contributed by atoms with Gasteiger partial charge in [0.25, 0.3) is 0 Å². The van der Waals surface area contributed by atoms with Crippen molar-refractivity contribution in [3.63, 3.8) is 0 Å². The van der Waals surface area contributed by atoms with Gasteiger partial charge in [0.1, 0.15) is 29.0 Å². The predicted molar refractivity (Wildman–Crippen MR) is 82.0 cm³/mol.